The summed E-state index contributed by atoms with van der Waals surface area (Å²) in [4.78, 5) is 0. The summed E-state index contributed by atoms with van der Waals surface area (Å²) >= 11 is 0. The highest BCUT2D eigenvalue weighted by molar-refractivity contribution is 7.54. The number of hydrogen-bond donors (Lipinski definition) is 1. The van der Waals surface area contributed by atoms with E-state index in [1.54, 1.807) is 6.08 Å². The summed E-state index contributed by atoms with van der Waals surface area (Å²) in [5.74, 6) is 0. The summed E-state index contributed by atoms with van der Waals surface area (Å²) in [5.41, 5.74) is 4.55. The molecule has 0 fully saturated rings. The van der Waals surface area contributed by atoms with Crippen LogP contribution in [0.1, 0.15) is 66.7 Å². The molecular weight excluding hydrogens is 359 g/mol. The van der Waals surface area contributed by atoms with Crippen molar-refractivity contribution < 1.29 is 18.7 Å². The quantitative estimate of drug-likeness (QED) is 0.281. The van der Waals surface area contributed by atoms with Crippen molar-refractivity contribution in [3.05, 3.63) is 46.6 Å². The number of allylic oxidation sites excluding steroid dienone is 7. The maximum Gasteiger partial charge on any atom is 0.337 e. The largest absolute Gasteiger partial charge is 0.392 e. The molecular formula is C22H39O4P. The Morgan fingerprint density at radius 1 is 0.889 bits per heavy atom. The number of rotatable bonds is 13. The second-order valence-corrected chi connectivity index (χ2v) is 9.81. The van der Waals surface area contributed by atoms with Gasteiger partial charge in [-0.25, -0.2) is 0 Å². The number of aliphatic hydroxyl groups excluding tert-OH is 1. The van der Waals surface area contributed by atoms with Gasteiger partial charge in [0.15, 0.2) is 0 Å². The molecule has 0 amide bonds. The number of hydrogen-bond acceptors (Lipinski definition) is 4. The third-order valence-corrected chi connectivity index (χ3v) is 6.65. The van der Waals surface area contributed by atoms with Gasteiger partial charge >= 0.3 is 7.60 Å². The topological polar surface area (TPSA) is 55.8 Å². The first-order valence-electron chi connectivity index (χ1n) is 9.62. The average Bonchev–Trinajstić information content (AvgIpc) is 2.60. The van der Waals surface area contributed by atoms with E-state index in [0.29, 0.717) is 6.42 Å². The summed E-state index contributed by atoms with van der Waals surface area (Å²) in [5, 5.41) is 9.08. The fraction of sp³-hybridized carbons (Fsp3) is 0.636. The predicted molar refractivity (Wildman–Crippen MR) is 116 cm³/mol. The van der Waals surface area contributed by atoms with Crippen LogP contribution >= 0.6 is 7.60 Å². The molecule has 0 aromatic heterocycles. The molecule has 0 aliphatic heterocycles. The highest BCUT2D eigenvalue weighted by Crippen LogP contribution is 2.54. The Morgan fingerprint density at radius 2 is 1.44 bits per heavy atom. The first-order chi connectivity index (χ1) is 12.7. The zero-order valence-electron chi connectivity index (χ0n) is 18.2. The van der Waals surface area contributed by atoms with Gasteiger partial charge in [0.1, 0.15) is 0 Å². The molecule has 5 heteroatoms. The summed E-state index contributed by atoms with van der Waals surface area (Å²) < 4.78 is 23.3. The Kier molecular flexibility index (Phi) is 13.6. The van der Waals surface area contributed by atoms with Crippen LogP contribution in [0.25, 0.3) is 0 Å². The van der Waals surface area contributed by atoms with Gasteiger partial charge in [-0.2, -0.15) is 0 Å². The second kappa shape index (κ2) is 14.1. The molecule has 0 saturated heterocycles. The summed E-state index contributed by atoms with van der Waals surface area (Å²) in [7, 11) is -0.377. The smallest absolute Gasteiger partial charge is 0.337 e. The summed E-state index contributed by atoms with van der Waals surface area (Å²) in [6.45, 7) is 10.4. The van der Waals surface area contributed by atoms with Crippen LogP contribution in [0.3, 0.4) is 0 Å². The maximum atomic E-state index is 12.9. The lowest BCUT2D eigenvalue weighted by atomic mass is 10.0. The molecule has 156 valence electrons. The molecule has 0 aromatic rings. The van der Waals surface area contributed by atoms with Gasteiger partial charge in [0.2, 0.25) is 0 Å². The molecule has 0 saturated carbocycles. The zero-order chi connectivity index (χ0) is 20.9. The van der Waals surface area contributed by atoms with Gasteiger partial charge in [0.05, 0.1) is 12.3 Å². The fourth-order valence-corrected chi connectivity index (χ4v) is 4.46. The van der Waals surface area contributed by atoms with Crippen molar-refractivity contribution in [2.24, 2.45) is 0 Å². The van der Waals surface area contributed by atoms with E-state index >= 15 is 0 Å². The van der Waals surface area contributed by atoms with Gasteiger partial charge in [0, 0.05) is 14.2 Å². The Bertz CT molecular complexity index is 587. The lowest BCUT2D eigenvalue weighted by molar-refractivity contribution is 0.269. The minimum atomic E-state index is -3.22. The molecule has 4 nitrogen and oxygen atoms in total. The number of aliphatic hydroxyl groups is 1. The van der Waals surface area contributed by atoms with Gasteiger partial charge in [0.25, 0.3) is 0 Å². The SMILES string of the molecule is COP(=O)(OC)C(C=C(C)CCC=C(C)CCC=C(C)C)CC(C)=CCO. The van der Waals surface area contributed by atoms with Crippen molar-refractivity contribution >= 4 is 7.60 Å². The van der Waals surface area contributed by atoms with Crippen LogP contribution in [-0.2, 0) is 13.6 Å². The highest BCUT2D eigenvalue weighted by Gasteiger charge is 2.32. The summed E-state index contributed by atoms with van der Waals surface area (Å²) in [6.07, 6.45) is 12.9. The van der Waals surface area contributed by atoms with E-state index in [1.807, 2.05) is 13.0 Å². The molecule has 1 N–H and O–H groups in total. The molecule has 0 aliphatic carbocycles. The molecule has 0 bridgehead atoms. The third-order valence-electron chi connectivity index (χ3n) is 4.49. The molecule has 0 heterocycles. The van der Waals surface area contributed by atoms with Crippen molar-refractivity contribution in [1.29, 1.82) is 0 Å². The lowest BCUT2D eigenvalue weighted by Gasteiger charge is -2.23. The molecule has 0 aromatic carbocycles. The van der Waals surface area contributed by atoms with Gasteiger partial charge in [-0.1, -0.05) is 46.6 Å². The lowest BCUT2D eigenvalue weighted by Crippen LogP contribution is -2.10. The van der Waals surface area contributed by atoms with E-state index in [0.717, 1.165) is 31.3 Å². The third kappa shape index (κ3) is 11.5. The molecule has 0 spiro atoms. The molecule has 1 unspecified atom stereocenters. The van der Waals surface area contributed by atoms with E-state index in [4.69, 9.17) is 14.2 Å². The van der Waals surface area contributed by atoms with E-state index in [1.165, 1.54) is 30.9 Å². The van der Waals surface area contributed by atoms with Crippen LogP contribution in [-0.4, -0.2) is 31.6 Å². The standard InChI is InChI=1S/C22H39O4P/c1-18(2)10-8-11-19(3)12-9-13-20(4)16-22(17-21(5)14-15-23)27(24,25-6)26-7/h10,12,14,16,22-23H,8-9,11,13,15,17H2,1-7H3. The second-order valence-electron chi connectivity index (χ2n) is 7.33. The van der Waals surface area contributed by atoms with Crippen molar-refractivity contribution in [1.82, 2.24) is 0 Å². The van der Waals surface area contributed by atoms with Crippen LogP contribution in [0.5, 0.6) is 0 Å². The Labute approximate surface area is 166 Å². The average molecular weight is 399 g/mol. The molecule has 0 radical (unpaired) electrons. The first kappa shape index (κ1) is 26.1. The van der Waals surface area contributed by atoms with E-state index in [9.17, 15) is 4.57 Å². The van der Waals surface area contributed by atoms with E-state index in [-0.39, 0.29) is 12.3 Å². The highest BCUT2D eigenvalue weighted by atomic mass is 31.2. The van der Waals surface area contributed by atoms with Crippen molar-refractivity contribution in [3.63, 3.8) is 0 Å². The maximum absolute atomic E-state index is 12.9. The predicted octanol–water partition coefficient (Wildman–Crippen LogP) is 6.59. The van der Waals surface area contributed by atoms with Gasteiger partial charge < -0.3 is 14.2 Å². The Balaban J connectivity index is 5.00. The van der Waals surface area contributed by atoms with Crippen LogP contribution in [0.15, 0.2) is 46.6 Å². The van der Waals surface area contributed by atoms with Crippen LogP contribution in [0.2, 0.25) is 0 Å². The monoisotopic (exact) mass is 398 g/mol. The van der Waals surface area contributed by atoms with Gasteiger partial charge in [-0.05, 0) is 66.7 Å². The van der Waals surface area contributed by atoms with Crippen LogP contribution < -0.4 is 0 Å². The van der Waals surface area contributed by atoms with Gasteiger partial charge in [-0.15, -0.1) is 0 Å². The zero-order valence-corrected chi connectivity index (χ0v) is 19.1. The van der Waals surface area contributed by atoms with E-state index < -0.39 is 7.60 Å². The van der Waals surface area contributed by atoms with Crippen molar-refractivity contribution in [2.75, 3.05) is 20.8 Å². The Hall–Kier alpha value is -0.930. The minimum absolute atomic E-state index is 0.0255. The fourth-order valence-electron chi connectivity index (χ4n) is 2.82. The van der Waals surface area contributed by atoms with E-state index in [2.05, 4.69) is 39.8 Å². The van der Waals surface area contributed by atoms with Crippen LogP contribution in [0, 0.1) is 0 Å². The molecule has 0 rings (SSSR count). The molecule has 27 heavy (non-hydrogen) atoms. The van der Waals surface area contributed by atoms with Crippen molar-refractivity contribution in [2.45, 2.75) is 72.4 Å². The Morgan fingerprint density at radius 3 is 1.96 bits per heavy atom. The molecule has 1 atom stereocenters. The van der Waals surface area contributed by atoms with Gasteiger partial charge in [-0.3, -0.25) is 4.57 Å². The summed E-state index contributed by atoms with van der Waals surface area (Å²) in [6, 6.07) is 0. The molecule has 0 aliphatic rings. The normalized spacial score (nSPS) is 15.0. The van der Waals surface area contributed by atoms with Crippen LogP contribution in [0.4, 0.5) is 0 Å². The minimum Gasteiger partial charge on any atom is -0.392 e. The van der Waals surface area contributed by atoms with Crippen molar-refractivity contribution in [3.8, 4) is 0 Å². The first-order valence-corrected chi connectivity index (χ1v) is 11.2.